The molecule has 2 aliphatic rings. The van der Waals surface area contributed by atoms with Gasteiger partial charge in [-0.15, -0.1) is 0 Å². The van der Waals surface area contributed by atoms with Gasteiger partial charge in [-0.25, -0.2) is 9.78 Å². The minimum atomic E-state index is -4.66. The Labute approximate surface area is 276 Å². The van der Waals surface area contributed by atoms with E-state index in [4.69, 9.17) is 25.8 Å². The van der Waals surface area contributed by atoms with E-state index in [2.05, 4.69) is 4.98 Å². The quantitative estimate of drug-likeness (QED) is 0.263. The van der Waals surface area contributed by atoms with E-state index in [1.54, 1.807) is 24.3 Å². The molecule has 0 saturated carbocycles. The van der Waals surface area contributed by atoms with Crippen molar-refractivity contribution in [3.8, 4) is 17.0 Å². The maximum absolute atomic E-state index is 14.5. The molecular formula is C35H38ClF3N2O6. The molecule has 0 spiro atoms. The van der Waals surface area contributed by atoms with Crippen LogP contribution in [0.3, 0.4) is 0 Å². The molecule has 2 fully saturated rings. The van der Waals surface area contributed by atoms with Gasteiger partial charge in [0.15, 0.2) is 0 Å². The summed E-state index contributed by atoms with van der Waals surface area (Å²) in [6.45, 7) is 5.57. The third-order valence-electron chi connectivity index (χ3n) is 8.86. The van der Waals surface area contributed by atoms with Crippen LogP contribution in [-0.4, -0.2) is 58.8 Å². The number of nitrogens with zero attached hydrogens (tertiary/aromatic N) is 2. The number of carbonyl (C=O) groups excluding carboxylic acids is 1. The fourth-order valence-corrected chi connectivity index (χ4v) is 7.01. The molecule has 0 bridgehead atoms. The number of halogens is 4. The predicted molar refractivity (Wildman–Crippen MR) is 169 cm³/mol. The van der Waals surface area contributed by atoms with Gasteiger partial charge in [-0.3, -0.25) is 4.79 Å². The first-order valence-corrected chi connectivity index (χ1v) is 15.8. The Balaban J connectivity index is 1.70. The smallest absolute Gasteiger partial charge is 0.417 e. The summed E-state index contributed by atoms with van der Waals surface area (Å²) in [5, 5.41) is 11.3. The molecule has 3 heterocycles. The summed E-state index contributed by atoms with van der Waals surface area (Å²) in [5.41, 5.74) is 0.361. The largest absolute Gasteiger partial charge is 0.481 e. The number of carboxylic acids is 1. The van der Waals surface area contributed by atoms with Crippen LogP contribution in [0.5, 0.6) is 5.88 Å². The van der Waals surface area contributed by atoms with E-state index in [1.165, 1.54) is 12.0 Å². The minimum absolute atomic E-state index is 0.0316. The molecule has 1 amide bonds. The first-order valence-electron chi connectivity index (χ1n) is 15.5. The number of carbonyl (C=O) groups is 2. The van der Waals surface area contributed by atoms with Crippen molar-refractivity contribution < 1.29 is 42.1 Å². The Hall–Kier alpha value is -3.67. The van der Waals surface area contributed by atoms with E-state index in [0.29, 0.717) is 35.4 Å². The Morgan fingerprint density at radius 3 is 2.45 bits per heavy atom. The maximum Gasteiger partial charge on any atom is 0.417 e. The number of benzene rings is 2. The molecule has 3 aromatic rings. The average Bonchev–Trinajstić information content (AvgIpc) is 3.39. The Morgan fingerprint density at radius 2 is 1.83 bits per heavy atom. The average molecular weight is 675 g/mol. The SMILES string of the molecule is COc1ncc(C(F)(F)F)cc1CO[C@H]1[C@H](C(C)(C)C)[C@@H](C(=O)O)N(C(=O)[C@@H]2CCCCO2)[C@H]1c1ccccc1-c1cccc(Cl)c1. The van der Waals surface area contributed by atoms with Crippen molar-refractivity contribution in [1.82, 2.24) is 9.88 Å². The topological polar surface area (TPSA) is 98.2 Å². The lowest BCUT2D eigenvalue weighted by Crippen LogP contribution is -2.51. The highest BCUT2D eigenvalue weighted by molar-refractivity contribution is 6.30. The van der Waals surface area contributed by atoms with Crippen LogP contribution in [0.2, 0.25) is 5.02 Å². The fraction of sp³-hybridized carbons (Fsp3) is 0.457. The van der Waals surface area contributed by atoms with Gasteiger partial charge in [-0.2, -0.15) is 13.2 Å². The molecule has 2 aromatic carbocycles. The van der Waals surface area contributed by atoms with Gasteiger partial charge in [0.1, 0.15) is 12.1 Å². The summed E-state index contributed by atoms with van der Waals surface area (Å²) in [6, 6.07) is 13.1. The summed E-state index contributed by atoms with van der Waals surface area (Å²) in [6.07, 6.45) is -3.84. The van der Waals surface area contributed by atoms with Crippen molar-refractivity contribution in [3.05, 3.63) is 82.5 Å². The van der Waals surface area contributed by atoms with Crippen LogP contribution >= 0.6 is 11.6 Å². The predicted octanol–water partition coefficient (Wildman–Crippen LogP) is 7.58. The third-order valence-corrected chi connectivity index (χ3v) is 9.09. The molecule has 1 aromatic heterocycles. The second-order valence-electron chi connectivity index (χ2n) is 13.0. The van der Waals surface area contributed by atoms with Crippen LogP contribution in [-0.2, 0) is 31.8 Å². The number of hydrogen-bond donors (Lipinski definition) is 1. The zero-order chi connectivity index (χ0) is 34.1. The highest BCUT2D eigenvalue weighted by Gasteiger charge is 2.60. The molecule has 1 N–H and O–H groups in total. The molecule has 5 rings (SSSR count). The van der Waals surface area contributed by atoms with Crippen molar-refractivity contribution in [1.29, 1.82) is 0 Å². The number of alkyl halides is 3. The molecule has 8 nitrogen and oxygen atoms in total. The number of carboxylic acid groups (broad SMARTS) is 1. The number of hydrogen-bond acceptors (Lipinski definition) is 6. The van der Waals surface area contributed by atoms with Crippen molar-refractivity contribution >= 4 is 23.5 Å². The lowest BCUT2D eigenvalue weighted by atomic mass is 9.73. The summed E-state index contributed by atoms with van der Waals surface area (Å²) in [5.74, 6) is -2.54. The second kappa shape index (κ2) is 13.8. The van der Waals surface area contributed by atoms with E-state index in [9.17, 15) is 27.9 Å². The van der Waals surface area contributed by atoms with Crippen molar-refractivity contribution in [2.24, 2.45) is 11.3 Å². The standard InChI is InChI=1S/C35H38ClF3N2O6/c1-34(2,3)27-29(33(43)44)41(32(42)26-14-7-8-15-46-26)28(25-13-6-5-12-24(25)20-10-9-11-23(36)17-20)30(27)47-19-21-16-22(35(37,38)39)18-40-31(21)45-4/h5-6,9-13,16-18,26-30H,7-8,14-15,19H2,1-4H3,(H,43,44)/t26-,27+,28-,29-,30-/m0/s1. The lowest BCUT2D eigenvalue weighted by Gasteiger charge is -2.35. The molecule has 2 aliphatic heterocycles. The normalized spacial score (nSPS) is 23.5. The molecule has 0 unspecified atom stereocenters. The maximum atomic E-state index is 14.5. The monoisotopic (exact) mass is 674 g/mol. The number of likely N-dealkylation sites (tertiary alicyclic amines) is 1. The van der Waals surface area contributed by atoms with Crippen molar-refractivity contribution in [2.45, 2.75) is 77.1 Å². The third kappa shape index (κ3) is 7.27. The van der Waals surface area contributed by atoms with Crippen LogP contribution < -0.4 is 4.74 Å². The van der Waals surface area contributed by atoms with Crippen LogP contribution in [0.15, 0.2) is 60.8 Å². The Kier molecular flexibility index (Phi) is 10.2. The second-order valence-corrected chi connectivity index (χ2v) is 13.4. The molecule has 0 aliphatic carbocycles. The van der Waals surface area contributed by atoms with Gasteiger partial charge in [0.25, 0.3) is 5.91 Å². The van der Waals surface area contributed by atoms with Crippen LogP contribution in [0.1, 0.15) is 62.8 Å². The molecule has 2 saturated heterocycles. The molecule has 252 valence electrons. The van der Waals surface area contributed by atoms with Crippen molar-refractivity contribution in [2.75, 3.05) is 13.7 Å². The molecule has 0 radical (unpaired) electrons. The molecule has 5 atom stereocenters. The fourth-order valence-electron chi connectivity index (χ4n) is 6.82. The lowest BCUT2D eigenvalue weighted by molar-refractivity contribution is -0.159. The van der Waals surface area contributed by atoms with Gasteiger partial charge in [0, 0.05) is 29.3 Å². The summed E-state index contributed by atoms with van der Waals surface area (Å²) in [7, 11) is 1.29. The van der Waals surface area contributed by atoms with Crippen LogP contribution in [0, 0.1) is 11.3 Å². The zero-order valence-electron chi connectivity index (χ0n) is 26.6. The van der Waals surface area contributed by atoms with E-state index < -0.39 is 59.2 Å². The Bertz CT molecular complexity index is 1600. The summed E-state index contributed by atoms with van der Waals surface area (Å²) < 4.78 is 58.8. The number of amides is 1. The van der Waals surface area contributed by atoms with Gasteiger partial charge >= 0.3 is 12.1 Å². The van der Waals surface area contributed by atoms with Gasteiger partial charge in [0.05, 0.1) is 31.4 Å². The van der Waals surface area contributed by atoms with Gasteiger partial charge < -0.3 is 24.2 Å². The van der Waals surface area contributed by atoms with E-state index >= 15 is 0 Å². The Morgan fingerprint density at radius 1 is 1.09 bits per heavy atom. The van der Waals surface area contributed by atoms with Gasteiger partial charge in [-0.1, -0.05) is 68.8 Å². The molecular weight excluding hydrogens is 637 g/mol. The highest BCUT2D eigenvalue weighted by Crippen LogP contribution is 2.52. The zero-order valence-corrected chi connectivity index (χ0v) is 27.3. The highest BCUT2D eigenvalue weighted by atomic mass is 35.5. The number of aromatic nitrogens is 1. The van der Waals surface area contributed by atoms with E-state index in [1.807, 2.05) is 45.0 Å². The minimum Gasteiger partial charge on any atom is -0.481 e. The first kappa shape index (κ1) is 34.7. The van der Waals surface area contributed by atoms with Gasteiger partial charge in [-0.05, 0) is 59.6 Å². The first-order chi connectivity index (χ1) is 22.2. The number of pyridine rings is 1. The van der Waals surface area contributed by atoms with Crippen LogP contribution in [0.25, 0.3) is 11.1 Å². The van der Waals surface area contributed by atoms with E-state index in [-0.39, 0.29) is 18.1 Å². The van der Waals surface area contributed by atoms with E-state index in [0.717, 1.165) is 24.5 Å². The van der Waals surface area contributed by atoms with Crippen molar-refractivity contribution in [3.63, 3.8) is 0 Å². The molecule has 12 heteroatoms. The van der Waals surface area contributed by atoms with Gasteiger partial charge in [0.2, 0.25) is 5.88 Å². The number of rotatable bonds is 8. The molecule has 47 heavy (non-hydrogen) atoms. The summed E-state index contributed by atoms with van der Waals surface area (Å²) >= 11 is 6.37. The summed E-state index contributed by atoms with van der Waals surface area (Å²) in [4.78, 5) is 32.9. The van der Waals surface area contributed by atoms with Crippen LogP contribution in [0.4, 0.5) is 13.2 Å². The number of methoxy groups -OCH3 is 1. The number of aliphatic carboxylic acids is 1. The number of ether oxygens (including phenoxy) is 3.